The molecule has 0 unspecified atom stereocenters. The molecule has 0 radical (unpaired) electrons. The first-order valence-corrected chi connectivity index (χ1v) is 14.7. The number of phenols is 14. The molecule has 0 amide bonds. The molecule has 15 nitrogen and oxygen atoms in total. The zero-order valence-electron chi connectivity index (χ0n) is 25.3. The standard InChI is InChI=1S/C36H22O15/c37-12-8-11-17(25(39)32(46)27(41)18(11)26(40)24(12)38)19-22-20(28(42)33(47)35(49)30(22)44)16(21-23(19)31(45)36(50)34(48)29(21)43)10-5-3-7-14-15(10)9-4-1-2-6-13(9)51-14/h1-8,37-50H. The molecule has 0 spiro atoms. The van der Waals surface area contributed by atoms with E-state index in [2.05, 4.69) is 0 Å². The Morgan fingerprint density at radius 3 is 1.33 bits per heavy atom. The topological polar surface area (TPSA) is 296 Å². The number of furan rings is 1. The second-order valence-corrected chi connectivity index (χ2v) is 11.8. The van der Waals surface area contributed by atoms with Gasteiger partial charge in [-0.15, -0.1) is 0 Å². The number of phenolic OH excluding ortho intramolecular Hbond substituents is 14. The Kier molecular flexibility index (Phi) is 5.96. The molecule has 15 heteroatoms. The number of fused-ring (bicyclic) bond motifs is 6. The molecule has 0 bridgehead atoms. The van der Waals surface area contributed by atoms with Gasteiger partial charge < -0.3 is 75.9 Å². The highest BCUT2D eigenvalue weighted by Gasteiger charge is 2.36. The lowest BCUT2D eigenvalue weighted by molar-refractivity contribution is 0.350. The van der Waals surface area contributed by atoms with Crippen molar-refractivity contribution in [3.8, 4) is 103 Å². The van der Waals surface area contributed by atoms with E-state index in [1.807, 2.05) is 0 Å². The molecule has 1 aromatic heterocycles. The van der Waals surface area contributed by atoms with Crippen LogP contribution in [0.2, 0.25) is 0 Å². The number of aromatic hydroxyl groups is 14. The van der Waals surface area contributed by atoms with Gasteiger partial charge >= 0.3 is 0 Å². The molecule has 1 heterocycles. The van der Waals surface area contributed by atoms with Crippen LogP contribution in [-0.2, 0) is 0 Å². The fourth-order valence-electron chi connectivity index (χ4n) is 6.93. The Bertz CT molecular complexity index is 2820. The van der Waals surface area contributed by atoms with E-state index in [4.69, 9.17) is 4.42 Å². The highest BCUT2D eigenvalue weighted by Crippen LogP contribution is 2.65. The summed E-state index contributed by atoms with van der Waals surface area (Å²) < 4.78 is 5.99. The van der Waals surface area contributed by atoms with E-state index in [0.717, 1.165) is 0 Å². The van der Waals surface area contributed by atoms with Crippen molar-refractivity contribution in [2.75, 3.05) is 0 Å². The largest absolute Gasteiger partial charge is 0.504 e. The third kappa shape index (κ3) is 3.65. The molecule has 8 aromatic rings. The molecule has 0 saturated heterocycles. The number of hydrogen-bond donors (Lipinski definition) is 14. The first-order valence-electron chi connectivity index (χ1n) is 14.7. The summed E-state index contributed by atoms with van der Waals surface area (Å²) in [5, 5.41) is 151. The molecule has 0 saturated carbocycles. The molecule has 0 atom stereocenters. The Morgan fingerprint density at radius 2 is 0.765 bits per heavy atom. The average molecular weight is 695 g/mol. The van der Waals surface area contributed by atoms with Gasteiger partial charge in [0.15, 0.2) is 46.0 Å². The van der Waals surface area contributed by atoms with Crippen molar-refractivity contribution in [1.29, 1.82) is 0 Å². The number of rotatable bonds is 2. The summed E-state index contributed by atoms with van der Waals surface area (Å²) in [6, 6.07) is 11.9. The molecule has 0 aliphatic heterocycles. The molecule has 0 fully saturated rings. The minimum absolute atomic E-state index is 0.0569. The van der Waals surface area contributed by atoms with Crippen LogP contribution in [0.4, 0.5) is 0 Å². The Labute approximate surface area is 281 Å². The Hall–Kier alpha value is -7.68. The summed E-state index contributed by atoms with van der Waals surface area (Å²) in [6.45, 7) is 0. The lowest BCUT2D eigenvalue weighted by Gasteiger charge is -2.24. The second-order valence-electron chi connectivity index (χ2n) is 11.8. The minimum atomic E-state index is -1.36. The van der Waals surface area contributed by atoms with Crippen LogP contribution in [0.1, 0.15) is 0 Å². The molecular weight excluding hydrogens is 672 g/mol. The van der Waals surface area contributed by atoms with Crippen molar-refractivity contribution < 1.29 is 75.9 Å². The van der Waals surface area contributed by atoms with Gasteiger partial charge in [0.05, 0.1) is 5.39 Å². The van der Waals surface area contributed by atoms with Crippen molar-refractivity contribution >= 4 is 54.3 Å². The van der Waals surface area contributed by atoms with Crippen LogP contribution < -0.4 is 0 Å². The third-order valence-electron chi connectivity index (χ3n) is 9.16. The fraction of sp³-hybridized carbons (Fsp3) is 0. The van der Waals surface area contributed by atoms with Gasteiger partial charge in [-0.05, 0) is 23.8 Å². The Morgan fingerprint density at radius 1 is 0.314 bits per heavy atom. The fourth-order valence-corrected chi connectivity index (χ4v) is 6.93. The molecule has 0 aliphatic carbocycles. The molecule has 14 N–H and O–H groups in total. The van der Waals surface area contributed by atoms with Crippen molar-refractivity contribution in [3.05, 3.63) is 48.5 Å². The van der Waals surface area contributed by atoms with Crippen LogP contribution in [-0.4, -0.2) is 71.5 Å². The number of hydrogen-bond acceptors (Lipinski definition) is 15. The van der Waals surface area contributed by atoms with Crippen LogP contribution in [0, 0.1) is 0 Å². The molecule has 7 aromatic carbocycles. The van der Waals surface area contributed by atoms with Gasteiger partial charge in [-0.2, -0.15) is 0 Å². The average Bonchev–Trinajstić information content (AvgIpc) is 3.51. The van der Waals surface area contributed by atoms with Crippen molar-refractivity contribution in [1.82, 2.24) is 0 Å². The van der Waals surface area contributed by atoms with Gasteiger partial charge in [-0.25, -0.2) is 0 Å². The summed E-state index contributed by atoms with van der Waals surface area (Å²) in [5.41, 5.74) is -1.29. The zero-order valence-corrected chi connectivity index (χ0v) is 25.3. The van der Waals surface area contributed by atoms with Gasteiger partial charge in [-0.3, -0.25) is 0 Å². The van der Waals surface area contributed by atoms with E-state index in [0.29, 0.717) is 22.4 Å². The predicted molar refractivity (Wildman–Crippen MR) is 180 cm³/mol. The quantitative estimate of drug-likeness (QED) is 0.0540. The molecule has 0 aliphatic rings. The van der Waals surface area contributed by atoms with Gasteiger partial charge in [0.2, 0.25) is 34.5 Å². The Balaban J connectivity index is 1.78. The van der Waals surface area contributed by atoms with E-state index < -0.39 is 124 Å². The summed E-state index contributed by atoms with van der Waals surface area (Å²) in [6.07, 6.45) is 0. The van der Waals surface area contributed by atoms with Crippen molar-refractivity contribution in [2.24, 2.45) is 0 Å². The maximum absolute atomic E-state index is 11.6. The number of benzene rings is 7. The lowest BCUT2D eigenvalue weighted by atomic mass is 9.81. The number of para-hydroxylation sites is 1. The van der Waals surface area contributed by atoms with Gasteiger partial charge in [0.1, 0.15) is 11.2 Å². The van der Waals surface area contributed by atoms with Crippen LogP contribution >= 0.6 is 0 Å². The monoisotopic (exact) mass is 694 g/mol. The first kappa shape index (κ1) is 30.6. The van der Waals surface area contributed by atoms with Gasteiger partial charge in [0, 0.05) is 54.4 Å². The third-order valence-corrected chi connectivity index (χ3v) is 9.16. The van der Waals surface area contributed by atoms with Crippen LogP contribution in [0.5, 0.6) is 80.5 Å². The van der Waals surface area contributed by atoms with Crippen LogP contribution in [0.25, 0.3) is 76.5 Å². The normalized spacial score (nSPS) is 11.8. The smallest absolute Gasteiger partial charge is 0.204 e. The molecule has 51 heavy (non-hydrogen) atoms. The van der Waals surface area contributed by atoms with Crippen molar-refractivity contribution in [2.45, 2.75) is 0 Å². The van der Waals surface area contributed by atoms with E-state index >= 15 is 0 Å². The van der Waals surface area contributed by atoms with Crippen LogP contribution in [0.15, 0.2) is 52.9 Å². The second kappa shape index (κ2) is 9.93. The highest BCUT2D eigenvalue weighted by molar-refractivity contribution is 6.33. The van der Waals surface area contributed by atoms with Gasteiger partial charge in [0.25, 0.3) is 0 Å². The minimum Gasteiger partial charge on any atom is -0.504 e. The predicted octanol–water partition coefficient (Wildman–Crippen LogP) is 6.26. The maximum atomic E-state index is 11.6. The van der Waals surface area contributed by atoms with Gasteiger partial charge in [-0.1, -0.05) is 30.3 Å². The first-order chi connectivity index (χ1) is 24.2. The summed E-state index contributed by atoms with van der Waals surface area (Å²) in [5.74, 6) is -17.4. The maximum Gasteiger partial charge on any atom is 0.204 e. The zero-order chi connectivity index (χ0) is 36.5. The molecular formula is C36H22O15. The summed E-state index contributed by atoms with van der Waals surface area (Å²) >= 11 is 0. The van der Waals surface area contributed by atoms with E-state index in [1.165, 1.54) is 12.1 Å². The van der Waals surface area contributed by atoms with E-state index in [9.17, 15) is 71.5 Å². The molecule has 8 rings (SSSR count). The lowest BCUT2D eigenvalue weighted by Crippen LogP contribution is -1.96. The summed E-state index contributed by atoms with van der Waals surface area (Å²) in [4.78, 5) is 0. The van der Waals surface area contributed by atoms with Crippen LogP contribution in [0.3, 0.4) is 0 Å². The van der Waals surface area contributed by atoms with E-state index in [-0.39, 0.29) is 16.7 Å². The molecule has 256 valence electrons. The van der Waals surface area contributed by atoms with Crippen molar-refractivity contribution in [3.63, 3.8) is 0 Å². The summed E-state index contributed by atoms with van der Waals surface area (Å²) in [7, 11) is 0. The SMILES string of the molecule is Oc1cc2c(-c3c4c(O)c(O)c(O)c(O)c4c(-c4cccc5oc6ccccc6c45)c4c(O)c(O)c(O)c(O)c34)c(O)c(O)c(O)c2c(O)c1O. The van der Waals surface area contributed by atoms with E-state index in [1.54, 1.807) is 30.3 Å². The highest BCUT2D eigenvalue weighted by atomic mass is 16.4.